The van der Waals surface area contributed by atoms with E-state index in [2.05, 4.69) is 4.74 Å². The fourth-order valence-corrected chi connectivity index (χ4v) is 3.95. The van der Waals surface area contributed by atoms with Gasteiger partial charge in [-0.05, 0) is 32.1 Å². The molecule has 1 unspecified atom stereocenters. The predicted octanol–water partition coefficient (Wildman–Crippen LogP) is 2.30. The van der Waals surface area contributed by atoms with Crippen LogP contribution in [0, 0.1) is 5.41 Å². The molecule has 2 aliphatic heterocycles. The monoisotopic (exact) mass is 380 g/mol. The number of likely N-dealkylation sites (tertiary alicyclic amines) is 2. The second kappa shape index (κ2) is 7.32. The van der Waals surface area contributed by atoms with Gasteiger partial charge in [0, 0.05) is 37.5 Å². The summed E-state index contributed by atoms with van der Waals surface area (Å²) in [6, 6.07) is 0.325. The minimum atomic E-state index is -4.25. The lowest BCUT2D eigenvalue weighted by Crippen LogP contribution is -2.56. The minimum absolute atomic E-state index is 0.155. The molecule has 1 atom stereocenters. The van der Waals surface area contributed by atoms with Gasteiger partial charge in [0.1, 0.15) is 13.2 Å². The zero-order valence-corrected chi connectivity index (χ0v) is 14.6. The van der Waals surface area contributed by atoms with Gasteiger partial charge >= 0.3 is 12.3 Å². The summed E-state index contributed by atoms with van der Waals surface area (Å²) < 4.78 is 54.5. The standard InChI is InChI=1S/C17H24F4N2O3/c18-15(19)17(20,21)11-26-8-14(25)22-7-1-5-16(9-22)6-4-13(24)23(10-16)12-2-3-12/h12,15H,1-11H2. The predicted molar refractivity (Wildman–Crippen MR) is 84.0 cm³/mol. The number of hydrogen-bond acceptors (Lipinski definition) is 3. The topological polar surface area (TPSA) is 49.9 Å². The Bertz CT molecular complexity index is 556. The van der Waals surface area contributed by atoms with Gasteiger partial charge in [0.25, 0.3) is 0 Å². The maximum atomic E-state index is 12.8. The summed E-state index contributed by atoms with van der Waals surface area (Å²) in [6.45, 7) is -0.531. The molecule has 2 saturated heterocycles. The maximum Gasteiger partial charge on any atom is 0.330 e. The van der Waals surface area contributed by atoms with Crippen molar-refractivity contribution >= 4 is 11.8 Å². The van der Waals surface area contributed by atoms with Crippen LogP contribution in [-0.2, 0) is 14.3 Å². The van der Waals surface area contributed by atoms with Crippen molar-refractivity contribution in [2.45, 2.75) is 56.9 Å². The van der Waals surface area contributed by atoms with Crippen LogP contribution in [0.3, 0.4) is 0 Å². The highest BCUT2D eigenvalue weighted by molar-refractivity contribution is 5.79. The lowest BCUT2D eigenvalue weighted by Gasteiger charge is -2.48. The molecule has 148 valence electrons. The van der Waals surface area contributed by atoms with E-state index in [0.29, 0.717) is 38.5 Å². The number of piperidine rings is 2. The van der Waals surface area contributed by atoms with Crippen LogP contribution in [0.15, 0.2) is 0 Å². The maximum absolute atomic E-state index is 12.8. The molecular formula is C17H24F4N2O3. The van der Waals surface area contributed by atoms with Crippen molar-refractivity contribution in [2.75, 3.05) is 32.8 Å². The fraction of sp³-hybridized carbons (Fsp3) is 0.882. The summed E-state index contributed by atoms with van der Waals surface area (Å²) in [4.78, 5) is 27.8. The van der Waals surface area contributed by atoms with Crippen LogP contribution in [0.2, 0.25) is 0 Å². The summed E-state index contributed by atoms with van der Waals surface area (Å²) in [5.41, 5.74) is -0.155. The van der Waals surface area contributed by atoms with Crippen molar-refractivity contribution in [3.8, 4) is 0 Å². The summed E-state index contributed by atoms with van der Waals surface area (Å²) in [7, 11) is 0. The zero-order chi connectivity index (χ0) is 18.9. The molecule has 0 bridgehead atoms. The Morgan fingerprint density at radius 2 is 2.00 bits per heavy atom. The molecule has 0 aromatic carbocycles. The first-order chi connectivity index (χ1) is 12.2. The van der Waals surface area contributed by atoms with Crippen LogP contribution in [0.1, 0.15) is 38.5 Å². The number of amides is 2. The number of ether oxygens (including phenoxy) is 1. The van der Waals surface area contributed by atoms with Gasteiger partial charge in [0.2, 0.25) is 11.8 Å². The largest absolute Gasteiger partial charge is 0.365 e. The third kappa shape index (κ3) is 4.29. The number of halogens is 4. The third-order valence-electron chi connectivity index (χ3n) is 5.54. The molecule has 0 radical (unpaired) electrons. The summed E-state index contributed by atoms with van der Waals surface area (Å²) in [5.74, 6) is -4.55. The van der Waals surface area contributed by atoms with Crippen molar-refractivity contribution < 1.29 is 31.9 Å². The van der Waals surface area contributed by atoms with E-state index >= 15 is 0 Å². The van der Waals surface area contributed by atoms with Crippen molar-refractivity contribution in [2.24, 2.45) is 5.41 Å². The number of rotatable bonds is 6. The summed E-state index contributed by atoms with van der Waals surface area (Å²) in [5, 5.41) is 0. The summed E-state index contributed by atoms with van der Waals surface area (Å²) in [6.07, 6.45) is 1.10. The molecule has 9 heteroatoms. The highest BCUT2D eigenvalue weighted by atomic mass is 19.3. The number of carbonyl (C=O) groups is 2. The van der Waals surface area contributed by atoms with E-state index in [1.165, 1.54) is 0 Å². The first kappa shape index (κ1) is 19.4. The molecule has 0 N–H and O–H groups in total. The van der Waals surface area contributed by atoms with Crippen LogP contribution in [0.5, 0.6) is 0 Å². The minimum Gasteiger partial charge on any atom is -0.365 e. The second-order valence-electron chi connectivity index (χ2n) is 7.73. The van der Waals surface area contributed by atoms with E-state index in [0.717, 1.165) is 25.7 Å². The van der Waals surface area contributed by atoms with E-state index < -0.39 is 31.5 Å². The smallest absolute Gasteiger partial charge is 0.330 e. The highest BCUT2D eigenvalue weighted by Gasteiger charge is 2.46. The molecule has 2 amide bonds. The average molecular weight is 380 g/mol. The molecule has 0 aromatic rings. The molecule has 2 heterocycles. The van der Waals surface area contributed by atoms with Gasteiger partial charge in [0.05, 0.1) is 0 Å². The Balaban J connectivity index is 1.53. The van der Waals surface area contributed by atoms with Crippen LogP contribution >= 0.6 is 0 Å². The van der Waals surface area contributed by atoms with Gasteiger partial charge in [-0.2, -0.15) is 8.78 Å². The van der Waals surface area contributed by atoms with E-state index in [-0.39, 0.29) is 11.3 Å². The van der Waals surface area contributed by atoms with Crippen LogP contribution < -0.4 is 0 Å². The van der Waals surface area contributed by atoms with Crippen molar-refractivity contribution in [3.05, 3.63) is 0 Å². The molecule has 1 aliphatic carbocycles. The van der Waals surface area contributed by atoms with Gasteiger partial charge in [0.15, 0.2) is 0 Å². The number of nitrogens with zero attached hydrogens (tertiary/aromatic N) is 2. The molecule has 3 fully saturated rings. The van der Waals surface area contributed by atoms with Gasteiger partial charge in [-0.1, -0.05) is 0 Å². The Morgan fingerprint density at radius 3 is 2.65 bits per heavy atom. The number of alkyl halides is 4. The lowest BCUT2D eigenvalue weighted by molar-refractivity contribution is -0.172. The van der Waals surface area contributed by atoms with Gasteiger partial charge < -0.3 is 14.5 Å². The molecular weight excluding hydrogens is 356 g/mol. The van der Waals surface area contributed by atoms with E-state index in [1.807, 2.05) is 4.90 Å². The Hall–Kier alpha value is -1.38. The van der Waals surface area contributed by atoms with Crippen LogP contribution in [0.25, 0.3) is 0 Å². The van der Waals surface area contributed by atoms with E-state index in [4.69, 9.17) is 0 Å². The van der Waals surface area contributed by atoms with Gasteiger partial charge in [-0.15, -0.1) is 0 Å². The molecule has 5 nitrogen and oxygen atoms in total. The SMILES string of the molecule is O=C(COCC(F)(F)C(F)F)N1CCCC2(CCC(=O)N(C3CC3)C2)C1. The Labute approximate surface area is 149 Å². The normalized spacial score (nSPS) is 27.5. The van der Waals surface area contributed by atoms with Crippen LogP contribution in [-0.4, -0.2) is 72.9 Å². The lowest BCUT2D eigenvalue weighted by atomic mass is 9.73. The second-order valence-corrected chi connectivity index (χ2v) is 7.73. The summed E-state index contributed by atoms with van der Waals surface area (Å²) >= 11 is 0. The molecule has 3 aliphatic rings. The highest BCUT2D eigenvalue weighted by Crippen LogP contribution is 2.42. The molecule has 1 saturated carbocycles. The van der Waals surface area contributed by atoms with Gasteiger partial charge in [-0.25, -0.2) is 8.78 Å². The Morgan fingerprint density at radius 1 is 1.27 bits per heavy atom. The first-order valence-corrected chi connectivity index (χ1v) is 9.03. The third-order valence-corrected chi connectivity index (χ3v) is 5.54. The van der Waals surface area contributed by atoms with E-state index in [9.17, 15) is 27.2 Å². The van der Waals surface area contributed by atoms with Crippen molar-refractivity contribution in [3.63, 3.8) is 0 Å². The van der Waals surface area contributed by atoms with Crippen LogP contribution in [0.4, 0.5) is 17.6 Å². The fourth-order valence-electron chi connectivity index (χ4n) is 3.95. The van der Waals surface area contributed by atoms with Crippen molar-refractivity contribution in [1.82, 2.24) is 9.80 Å². The number of carbonyl (C=O) groups excluding carboxylic acids is 2. The molecule has 3 rings (SSSR count). The van der Waals surface area contributed by atoms with E-state index in [1.54, 1.807) is 4.90 Å². The Kier molecular flexibility index (Phi) is 5.46. The van der Waals surface area contributed by atoms with Gasteiger partial charge in [-0.3, -0.25) is 9.59 Å². The molecule has 1 spiro atoms. The average Bonchev–Trinajstić information content (AvgIpc) is 3.42. The molecule has 26 heavy (non-hydrogen) atoms. The quantitative estimate of drug-likeness (QED) is 0.665. The first-order valence-electron chi connectivity index (χ1n) is 9.03. The number of hydrogen-bond donors (Lipinski definition) is 0. The zero-order valence-electron chi connectivity index (χ0n) is 14.6. The molecule has 0 aromatic heterocycles. The van der Waals surface area contributed by atoms with Crippen molar-refractivity contribution in [1.29, 1.82) is 0 Å².